The van der Waals surface area contributed by atoms with Crippen molar-refractivity contribution in [1.29, 1.82) is 0 Å². The van der Waals surface area contributed by atoms with Crippen molar-refractivity contribution in [2.75, 3.05) is 62.6 Å². The minimum Gasteiger partial charge on any atom is -0.374 e. The van der Waals surface area contributed by atoms with Crippen molar-refractivity contribution < 1.29 is 27.9 Å². The number of hydrogen-bond donors (Lipinski definition) is 2. The van der Waals surface area contributed by atoms with Crippen LogP contribution in [-0.4, -0.2) is 126 Å². The lowest BCUT2D eigenvalue weighted by Gasteiger charge is -2.38. The Morgan fingerprint density at radius 2 is 1.78 bits per heavy atom. The molecule has 8 heterocycles. The first-order valence-electron chi connectivity index (χ1n) is 22.5. The van der Waals surface area contributed by atoms with Crippen molar-refractivity contribution in [3.63, 3.8) is 0 Å². The first-order valence-corrected chi connectivity index (χ1v) is 22.5. The van der Waals surface area contributed by atoms with Gasteiger partial charge in [0.15, 0.2) is 11.3 Å². The number of carbonyl (C=O) groups excluding carboxylic acids is 3. The van der Waals surface area contributed by atoms with Gasteiger partial charge in [0.25, 0.3) is 12.3 Å². The SMILES string of the molecule is Cn1c(=O)n(C2CCC(=O)NC2=O)c2cccc([C@H]3C[C@@H]3CN3CCN(CC4CCC(n5cc(NC(=O)c6cnn7ccc(N8CC9CC8CO9)nc67)c(C(F)F)n5)CC4)CC3)c21. The third-order valence-electron chi connectivity index (χ3n) is 14.7. The molecule has 6 fully saturated rings. The quantitative estimate of drug-likeness (QED) is 0.185. The van der Waals surface area contributed by atoms with Gasteiger partial charge in [-0.1, -0.05) is 12.1 Å². The van der Waals surface area contributed by atoms with Crippen LogP contribution in [0.5, 0.6) is 0 Å². The first kappa shape index (κ1) is 40.3. The van der Waals surface area contributed by atoms with Gasteiger partial charge in [-0.15, -0.1) is 0 Å². The molecule has 3 amide bonds. The summed E-state index contributed by atoms with van der Waals surface area (Å²) in [6.45, 7) is 7.37. The molecular formula is C44H52F2N12O5. The summed E-state index contributed by atoms with van der Waals surface area (Å²) >= 11 is 0. The number of aryl methyl sites for hydroxylation is 1. The number of piperidine rings is 1. The average molecular weight is 867 g/mol. The van der Waals surface area contributed by atoms with E-state index < -0.39 is 30.0 Å². The summed E-state index contributed by atoms with van der Waals surface area (Å²) in [5, 5.41) is 13.7. The molecule has 4 aromatic heterocycles. The Kier molecular flexibility index (Phi) is 10.2. The average Bonchev–Trinajstić information content (AvgIpc) is 3.81. The Balaban J connectivity index is 0.668. The minimum atomic E-state index is -2.85. The van der Waals surface area contributed by atoms with Crippen molar-refractivity contribution >= 4 is 45.9 Å². The van der Waals surface area contributed by atoms with Crippen LogP contribution >= 0.6 is 0 Å². The van der Waals surface area contributed by atoms with E-state index in [9.17, 15) is 28.0 Å². The molecule has 17 nitrogen and oxygen atoms in total. The van der Waals surface area contributed by atoms with Gasteiger partial charge in [0.1, 0.15) is 17.4 Å². The van der Waals surface area contributed by atoms with Crippen molar-refractivity contribution in [2.45, 2.75) is 87.9 Å². The highest BCUT2D eigenvalue weighted by Crippen LogP contribution is 2.50. The van der Waals surface area contributed by atoms with Crippen molar-refractivity contribution in [3.05, 3.63) is 70.2 Å². The fraction of sp³-hybridized carbons (Fsp3) is 0.568. The molecule has 0 radical (unpaired) electrons. The number of rotatable bonds is 11. The summed E-state index contributed by atoms with van der Waals surface area (Å²) in [5.74, 6) is 0.806. The van der Waals surface area contributed by atoms with E-state index in [1.165, 1.54) is 10.7 Å². The Hall–Kier alpha value is -5.53. The maximum Gasteiger partial charge on any atom is 0.329 e. The number of nitrogens with zero attached hydrogens (tertiary/aromatic N) is 10. The second-order valence-electron chi connectivity index (χ2n) is 18.5. The Labute approximate surface area is 361 Å². The van der Waals surface area contributed by atoms with Crippen LogP contribution in [-0.2, 0) is 21.4 Å². The summed E-state index contributed by atoms with van der Waals surface area (Å²) in [5.41, 5.74) is 2.65. The number of morpholine rings is 1. The highest BCUT2D eigenvalue weighted by Gasteiger charge is 2.43. The second kappa shape index (κ2) is 15.9. The van der Waals surface area contributed by atoms with E-state index in [0.29, 0.717) is 36.4 Å². The van der Waals surface area contributed by atoms with Gasteiger partial charge in [-0.25, -0.2) is 23.1 Å². The van der Waals surface area contributed by atoms with Gasteiger partial charge in [-0.2, -0.15) is 10.2 Å². The Morgan fingerprint density at radius 1 is 0.984 bits per heavy atom. The molecule has 1 aromatic carbocycles. The van der Waals surface area contributed by atoms with Crippen LogP contribution in [0.25, 0.3) is 16.7 Å². The largest absolute Gasteiger partial charge is 0.374 e. The molecule has 332 valence electrons. The number of imidazole rings is 1. The number of hydrogen-bond acceptors (Lipinski definition) is 11. The van der Waals surface area contributed by atoms with E-state index in [2.05, 4.69) is 41.6 Å². The van der Waals surface area contributed by atoms with Gasteiger partial charge >= 0.3 is 5.69 Å². The van der Waals surface area contributed by atoms with Gasteiger partial charge in [0.2, 0.25) is 11.8 Å². The van der Waals surface area contributed by atoms with Crippen LogP contribution in [0.15, 0.2) is 47.7 Å². The first-order chi connectivity index (χ1) is 30.6. The lowest BCUT2D eigenvalue weighted by Crippen LogP contribution is -2.48. The number of aromatic nitrogens is 7. The van der Waals surface area contributed by atoms with Crippen molar-refractivity contribution in [1.82, 2.24) is 48.6 Å². The predicted octanol–water partition coefficient (Wildman–Crippen LogP) is 3.88. The molecule has 19 heteroatoms. The van der Waals surface area contributed by atoms with Gasteiger partial charge in [-0.3, -0.25) is 33.5 Å². The third kappa shape index (κ3) is 7.40. The number of carbonyl (C=O) groups is 3. The second-order valence-corrected chi connectivity index (χ2v) is 18.5. The molecule has 4 saturated heterocycles. The molecule has 2 bridgehead atoms. The number of para-hydroxylation sites is 1. The zero-order valence-electron chi connectivity index (χ0n) is 35.2. The third-order valence-corrected chi connectivity index (χ3v) is 14.7. The van der Waals surface area contributed by atoms with E-state index in [0.717, 1.165) is 107 Å². The van der Waals surface area contributed by atoms with Crippen LogP contribution in [0, 0.1) is 11.8 Å². The van der Waals surface area contributed by atoms with E-state index in [-0.39, 0.29) is 47.5 Å². The van der Waals surface area contributed by atoms with Gasteiger partial charge in [-0.05, 0) is 80.4 Å². The summed E-state index contributed by atoms with van der Waals surface area (Å²) in [4.78, 5) is 63.6. The maximum atomic E-state index is 14.3. The number of imide groups is 1. The summed E-state index contributed by atoms with van der Waals surface area (Å²) in [7, 11) is 1.77. The number of ether oxygens (including phenoxy) is 1. The molecule has 6 aliphatic rings. The molecule has 3 unspecified atom stereocenters. The zero-order valence-corrected chi connectivity index (χ0v) is 35.2. The number of halogens is 2. The van der Waals surface area contributed by atoms with Crippen LogP contribution in [0.1, 0.15) is 97.4 Å². The molecule has 63 heavy (non-hydrogen) atoms. The lowest BCUT2D eigenvalue weighted by molar-refractivity contribution is -0.135. The molecule has 2 N–H and O–H groups in total. The highest BCUT2D eigenvalue weighted by atomic mass is 19.3. The molecule has 5 atom stereocenters. The van der Waals surface area contributed by atoms with Crippen molar-refractivity contribution in [3.8, 4) is 0 Å². The Bertz CT molecular complexity index is 2660. The lowest BCUT2D eigenvalue weighted by atomic mass is 9.85. The van der Waals surface area contributed by atoms with Crippen molar-refractivity contribution in [2.24, 2.45) is 18.9 Å². The maximum absolute atomic E-state index is 14.3. The number of anilines is 2. The van der Waals surface area contributed by atoms with Crippen LogP contribution in [0.2, 0.25) is 0 Å². The van der Waals surface area contributed by atoms with E-state index in [4.69, 9.17) is 9.72 Å². The molecule has 5 aromatic rings. The van der Waals surface area contributed by atoms with Crippen LogP contribution in [0.4, 0.5) is 20.3 Å². The number of benzene rings is 1. The fourth-order valence-corrected chi connectivity index (χ4v) is 11.2. The number of fused-ring (bicyclic) bond motifs is 4. The standard InChI is InChI=1S/C44H52F2N12O5/c1-52-39-30(3-2-4-34(39)58(44(52)62)35-9-10-37(59)50-43(35)61)31-17-26(31)21-54-15-13-53(14-16-54)20-25-5-7-27(8-6-25)57-23-33(38(51-57)40(45)46)48-42(60)32-19-47-56-12-11-36(49-41(32)56)55-22-29-18-28(55)24-63-29/h2-4,11-12,19,23,25-29,31,35,40H,5-10,13-18,20-22,24H2,1H3,(H,48,60)(H,50,59,61)/t25?,26-,27?,28?,29?,31+,35?/m1/s1. The molecule has 0 spiro atoms. The fourth-order valence-electron chi connectivity index (χ4n) is 11.2. The molecule has 2 saturated carbocycles. The Morgan fingerprint density at radius 3 is 2.51 bits per heavy atom. The minimum absolute atomic E-state index is 0.00329. The summed E-state index contributed by atoms with van der Waals surface area (Å²) < 4.78 is 40.8. The van der Waals surface area contributed by atoms with E-state index in [1.54, 1.807) is 33.3 Å². The zero-order chi connectivity index (χ0) is 43.1. The number of piperazine rings is 1. The van der Waals surface area contributed by atoms with E-state index in [1.807, 2.05) is 18.2 Å². The number of alkyl halides is 2. The molecule has 4 aliphatic heterocycles. The summed E-state index contributed by atoms with van der Waals surface area (Å²) in [6, 6.07) is 7.37. The smallest absolute Gasteiger partial charge is 0.329 e. The predicted molar refractivity (Wildman–Crippen MR) is 227 cm³/mol. The number of nitrogens with one attached hydrogen (secondary N) is 2. The molecule has 11 rings (SSSR count). The van der Waals surface area contributed by atoms with Crippen LogP contribution in [0.3, 0.4) is 0 Å². The van der Waals surface area contributed by atoms with Gasteiger partial charge in [0, 0.05) is 71.7 Å². The number of amides is 3. The normalized spacial score (nSPS) is 27.9. The molecular weight excluding hydrogens is 815 g/mol. The van der Waals surface area contributed by atoms with E-state index >= 15 is 0 Å². The monoisotopic (exact) mass is 866 g/mol. The van der Waals surface area contributed by atoms with Crippen LogP contribution < -0.4 is 21.2 Å². The van der Waals surface area contributed by atoms with Gasteiger partial charge in [0.05, 0.1) is 47.7 Å². The summed E-state index contributed by atoms with van der Waals surface area (Å²) in [6.07, 6.45) is 8.18. The molecule has 2 aliphatic carbocycles. The van der Waals surface area contributed by atoms with Gasteiger partial charge < -0.3 is 24.8 Å². The topological polar surface area (TPSA) is 169 Å². The highest BCUT2D eigenvalue weighted by molar-refractivity contribution is 6.08.